The van der Waals surface area contributed by atoms with Gasteiger partial charge >= 0.3 is 0 Å². The van der Waals surface area contributed by atoms with Crippen LogP contribution in [0.1, 0.15) is 13.3 Å². The molecule has 2 aromatic rings. The Balaban J connectivity index is 2.30. The van der Waals surface area contributed by atoms with Gasteiger partial charge in [-0.3, -0.25) is 4.79 Å². The fourth-order valence-electron chi connectivity index (χ4n) is 2.17. The van der Waals surface area contributed by atoms with E-state index in [1.807, 2.05) is 49.4 Å². The standard InChI is InChI=1S/C16H19NO2/c1-3-12(11-18)16(19)17(2)15-9-8-13-6-4-5-7-14(13)10-15/h4-10,12,18H,3,11H2,1-2H3. The third-order valence-electron chi connectivity index (χ3n) is 3.51. The van der Waals surface area contributed by atoms with Crippen molar-refractivity contribution in [3.8, 4) is 0 Å². The lowest BCUT2D eigenvalue weighted by Gasteiger charge is -2.22. The van der Waals surface area contributed by atoms with Gasteiger partial charge in [-0.25, -0.2) is 0 Å². The maximum absolute atomic E-state index is 12.2. The maximum Gasteiger partial charge on any atom is 0.232 e. The molecule has 0 saturated heterocycles. The second-order valence-electron chi connectivity index (χ2n) is 4.72. The molecule has 2 rings (SSSR count). The average molecular weight is 257 g/mol. The summed E-state index contributed by atoms with van der Waals surface area (Å²) in [6.45, 7) is 1.81. The predicted molar refractivity (Wildman–Crippen MR) is 78.2 cm³/mol. The van der Waals surface area contributed by atoms with Crippen LogP contribution in [0.4, 0.5) is 5.69 Å². The molecule has 100 valence electrons. The molecule has 0 aromatic heterocycles. The fourth-order valence-corrected chi connectivity index (χ4v) is 2.17. The number of hydrogen-bond acceptors (Lipinski definition) is 2. The SMILES string of the molecule is CCC(CO)C(=O)N(C)c1ccc2ccccc2c1. The molecule has 3 nitrogen and oxygen atoms in total. The number of hydrogen-bond donors (Lipinski definition) is 1. The lowest BCUT2D eigenvalue weighted by Crippen LogP contribution is -2.34. The first kappa shape index (κ1) is 13.6. The Labute approximate surface area is 113 Å². The summed E-state index contributed by atoms with van der Waals surface area (Å²) in [6.07, 6.45) is 0.646. The van der Waals surface area contributed by atoms with Crippen LogP contribution in [0.2, 0.25) is 0 Å². The average Bonchev–Trinajstić information content (AvgIpc) is 2.47. The Kier molecular flexibility index (Phi) is 4.17. The van der Waals surface area contributed by atoms with Gasteiger partial charge in [-0.15, -0.1) is 0 Å². The van der Waals surface area contributed by atoms with Crippen LogP contribution in [0.15, 0.2) is 42.5 Å². The quantitative estimate of drug-likeness (QED) is 0.915. The second-order valence-corrected chi connectivity index (χ2v) is 4.72. The normalized spacial score (nSPS) is 12.4. The van der Waals surface area contributed by atoms with E-state index >= 15 is 0 Å². The van der Waals surface area contributed by atoms with Gasteiger partial charge in [0, 0.05) is 12.7 Å². The number of fused-ring (bicyclic) bond motifs is 1. The monoisotopic (exact) mass is 257 g/mol. The molecule has 0 fully saturated rings. The highest BCUT2D eigenvalue weighted by Gasteiger charge is 2.20. The van der Waals surface area contributed by atoms with Gasteiger partial charge in [-0.2, -0.15) is 0 Å². The van der Waals surface area contributed by atoms with Gasteiger partial charge < -0.3 is 10.0 Å². The minimum absolute atomic E-state index is 0.0414. The number of anilines is 1. The Morgan fingerprint density at radius 1 is 1.21 bits per heavy atom. The molecule has 0 aliphatic rings. The largest absolute Gasteiger partial charge is 0.396 e. The molecular formula is C16H19NO2. The summed E-state index contributed by atoms with van der Waals surface area (Å²) < 4.78 is 0. The van der Waals surface area contributed by atoms with Crippen LogP contribution in [0.25, 0.3) is 10.8 Å². The molecule has 0 radical (unpaired) electrons. The second kappa shape index (κ2) is 5.85. The van der Waals surface area contributed by atoms with Crippen molar-refractivity contribution < 1.29 is 9.90 Å². The Morgan fingerprint density at radius 2 is 1.89 bits per heavy atom. The van der Waals surface area contributed by atoms with Crippen LogP contribution in [-0.2, 0) is 4.79 Å². The summed E-state index contributed by atoms with van der Waals surface area (Å²) in [5.41, 5.74) is 0.857. The minimum atomic E-state index is -0.323. The van der Waals surface area contributed by atoms with Crippen LogP contribution >= 0.6 is 0 Å². The van der Waals surface area contributed by atoms with E-state index in [-0.39, 0.29) is 18.4 Å². The molecule has 0 bridgehead atoms. The molecule has 0 spiro atoms. The molecule has 1 N–H and O–H groups in total. The molecule has 0 heterocycles. The smallest absolute Gasteiger partial charge is 0.232 e. The summed E-state index contributed by atoms with van der Waals surface area (Å²) in [5.74, 6) is -0.364. The molecule has 19 heavy (non-hydrogen) atoms. The van der Waals surface area contributed by atoms with Crippen LogP contribution in [0.5, 0.6) is 0 Å². The molecule has 1 atom stereocenters. The van der Waals surface area contributed by atoms with E-state index in [9.17, 15) is 9.90 Å². The number of amides is 1. The van der Waals surface area contributed by atoms with Crippen LogP contribution in [0, 0.1) is 5.92 Å². The lowest BCUT2D eigenvalue weighted by atomic mass is 10.1. The topological polar surface area (TPSA) is 40.5 Å². The van der Waals surface area contributed by atoms with Gasteiger partial charge in [0.05, 0.1) is 12.5 Å². The van der Waals surface area contributed by atoms with Gasteiger partial charge in [-0.1, -0.05) is 37.3 Å². The number of nitrogens with zero attached hydrogens (tertiary/aromatic N) is 1. The number of rotatable bonds is 4. The van der Waals surface area contributed by atoms with Crippen molar-refractivity contribution in [3.63, 3.8) is 0 Å². The highest BCUT2D eigenvalue weighted by atomic mass is 16.3. The predicted octanol–water partition coefficient (Wildman–Crippen LogP) is 2.82. The van der Waals surface area contributed by atoms with Gasteiger partial charge in [0.1, 0.15) is 0 Å². The van der Waals surface area contributed by atoms with Crippen molar-refractivity contribution in [1.82, 2.24) is 0 Å². The van der Waals surface area contributed by atoms with Crippen molar-refractivity contribution >= 4 is 22.4 Å². The van der Waals surface area contributed by atoms with Crippen molar-refractivity contribution in [2.45, 2.75) is 13.3 Å². The molecule has 1 unspecified atom stereocenters. The summed E-state index contributed by atoms with van der Waals surface area (Å²) in [5, 5.41) is 11.5. The van der Waals surface area contributed by atoms with Crippen LogP contribution in [-0.4, -0.2) is 24.7 Å². The van der Waals surface area contributed by atoms with E-state index in [1.165, 1.54) is 0 Å². The van der Waals surface area contributed by atoms with Crippen molar-refractivity contribution in [3.05, 3.63) is 42.5 Å². The highest BCUT2D eigenvalue weighted by molar-refractivity contribution is 5.97. The van der Waals surface area contributed by atoms with E-state index in [1.54, 1.807) is 11.9 Å². The Morgan fingerprint density at radius 3 is 2.53 bits per heavy atom. The van der Waals surface area contributed by atoms with E-state index in [2.05, 4.69) is 0 Å². The van der Waals surface area contributed by atoms with Crippen molar-refractivity contribution in [1.29, 1.82) is 0 Å². The van der Waals surface area contributed by atoms with E-state index in [4.69, 9.17) is 0 Å². The van der Waals surface area contributed by atoms with Gasteiger partial charge in [0.15, 0.2) is 0 Å². The Hall–Kier alpha value is -1.87. The fraction of sp³-hybridized carbons (Fsp3) is 0.312. The third kappa shape index (κ3) is 2.76. The number of aliphatic hydroxyl groups excluding tert-OH is 1. The first-order valence-corrected chi connectivity index (χ1v) is 6.54. The van der Waals surface area contributed by atoms with Crippen molar-refractivity contribution in [2.75, 3.05) is 18.6 Å². The first-order valence-electron chi connectivity index (χ1n) is 6.54. The molecule has 0 aliphatic carbocycles. The lowest BCUT2D eigenvalue weighted by molar-refractivity contribution is -0.123. The van der Waals surface area contributed by atoms with Gasteiger partial charge in [0.25, 0.3) is 0 Å². The van der Waals surface area contributed by atoms with E-state index in [0.717, 1.165) is 16.5 Å². The van der Waals surface area contributed by atoms with Crippen molar-refractivity contribution in [2.24, 2.45) is 5.92 Å². The summed E-state index contributed by atoms with van der Waals surface area (Å²) in [7, 11) is 1.75. The summed E-state index contributed by atoms with van der Waals surface area (Å²) >= 11 is 0. The van der Waals surface area contributed by atoms with Gasteiger partial charge in [0.2, 0.25) is 5.91 Å². The minimum Gasteiger partial charge on any atom is -0.396 e. The van der Waals surface area contributed by atoms with E-state index < -0.39 is 0 Å². The number of benzene rings is 2. The highest BCUT2D eigenvalue weighted by Crippen LogP contribution is 2.22. The summed E-state index contributed by atoms with van der Waals surface area (Å²) in [4.78, 5) is 13.8. The van der Waals surface area contributed by atoms with Crippen LogP contribution in [0.3, 0.4) is 0 Å². The molecule has 2 aromatic carbocycles. The van der Waals surface area contributed by atoms with E-state index in [0.29, 0.717) is 6.42 Å². The van der Waals surface area contributed by atoms with Crippen LogP contribution < -0.4 is 4.90 Å². The number of carbonyl (C=O) groups is 1. The number of carbonyl (C=O) groups excluding carboxylic acids is 1. The maximum atomic E-state index is 12.2. The third-order valence-corrected chi connectivity index (χ3v) is 3.51. The molecule has 0 aliphatic heterocycles. The Bertz CT molecular complexity index is 576. The number of aliphatic hydroxyl groups is 1. The molecule has 1 amide bonds. The zero-order valence-corrected chi connectivity index (χ0v) is 11.3. The van der Waals surface area contributed by atoms with Gasteiger partial charge in [-0.05, 0) is 29.3 Å². The molecular weight excluding hydrogens is 238 g/mol. The summed E-state index contributed by atoms with van der Waals surface area (Å²) in [6, 6.07) is 14.0. The zero-order chi connectivity index (χ0) is 13.8. The zero-order valence-electron chi connectivity index (χ0n) is 11.3. The molecule has 0 saturated carbocycles. The first-order chi connectivity index (χ1) is 9.17. The molecule has 3 heteroatoms.